The van der Waals surface area contributed by atoms with Gasteiger partial charge in [-0.3, -0.25) is 4.79 Å². The number of carbonyl (C=O) groups is 1. The average Bonchev–Trinajstić information content (AvgIpc) is 2.75. The lowest BCUT2D eigenvalue weighted by Crippen LogP contribution is -2.40. The van der Waals surface area contributed by atoms with Crippen LogP contribution in [0.5, 0.6) is 5.75 Å². The molecule has 1 saturated heterocycles. The lowest BCUT2D eigenvalue weighted by Gasteiger charge is -2.27. The Morgan fingerprint density at radius 3 is 2.57 bits per heavy atom. The fourth-order valence-corrected chi connectivity index (χ4v) is 4.48. The molecule has 30 heavy (non-hydrogen) atoms. The first kappa shape index (κ1) is 21.9. The van der Waals surface area contributed by atoms with Gasteiger partial charge in [0.2, 0.25) is 15.9 Å². The maximum absolute atomic E-state index is 13.1. The van der Waals surface area contributed by atoms with Crippen LogP contribution in [0.4, 0.5) is 10.1 Å². The molecule has 0 aliphatic carbocycles. The minimum absolute atomic E-state index is 0.00781. The Bertz CT molecular complexity index is 1020. The van der Waals surface area contributed by atoms with E-state index in [9.17, 15) is 17.6 Å². The van der Waals surface area contributed by atoms with E-state index < -0.39 is 15.9 Å². The highest BCUT2D eigenvalue weighted by Gasteiger charge is 2.29. The third-order valence-electron chi connectivity index (χ3n) is 4.40. The van der Waals surface area contributed by atoms with Gasteiger partial charge in [0.1, 0.15) is 16.5 Å². The molecule has 0 spiro atoms. The molecular formula is C21H23FN2O5S. The van der Waals surface area contributed by atoms with Crippen molar-refractivity contribution in [2.75, 3.05) is 38.2 Å². The highest BCUT2D eigenvalue weighted by molar-refractivity contribution is 7.89. The van der Waals surface area contributed by atoms with Crippen LogP contribution in [0.15, 0.2) is 53.4 Å². The van der Waals surface area contributed by atoms with Gasteiger partial charge in [-0.1, -0.05) is 12.1 Å². The summed E-state index contributed by atoms with van der Waals surface area (Å²) in [5, 5.41) is 2.65. The number of hydrogen-bond acceptors (Lipinski definition) is 5. The third kappa shape index (κ3) is 5.44. The van der Waals surface area contributed by atoms with Crippen LogP contribution in [-0.4, -0.2) is 51.5 Å². The fraction of sp³-hybridized carbons (Fsp3) is 0.286. The van der Waals surface area contributed by atoms with Crippen molar-refractivity contribution < 1.29 is 27.1 Å². The van der Waals surface area contributed by atoms with Crippen molar-refractivity contribution in [2.24, 2.45) is 0 Å². The van der Waals surface area contributed by atoms with Gasteiger partial charge in [-0.25, -0.2) is 12.8 Å². The predicted octanol–water partition coefficient (Wildman–Crippen LogP) is 2.90. The molecule has 1 amide bonds. The number of benzene rings is 2. The van der Waals surface area contributed by atoms with Crippen LogP contribution in [-0.2, 0) is 19.6 Å². The Morgan fingerprint density at radius 2 is 1.90 bits per heavy atom. The molecule has 1 aliphatic rings. The first-order valence-corrected chi connectivity index (χ1v) is 10.9. The van der Waals surface area contributed by atoms with Gasteiger partial charge in [0.15, 0.2) is 0 Å². The Balaban J connectivity index is 1.81. The van der Waals surface area contributed by atoms with Crippen LogP contribution < -0.4 is 10.1 Å². The van der Waals surface area contributed by atoms with Crippen molar-refractivity contribution in [3.8, 4) is 5.75 Å². The van der Waals surface area contributed by atoms with E-state index in [4.69, 9.17) is 9.47 Å². The summed E-state index contributed by atoms with van der Waals surface area (Å²) < 4.78 is 51.2. The third-order valence-corrected chi connectivity index (χ3v) is 6.32. The number of ether oxygens (including phenoxy) is 2. The van der Waals surface area contributed by atoms with E-state index in [1.807, 2.05) is 0 Å². The average molecular weight is 434 g/mol. The van der Waals surface area contributed by atoms with E-state index in [1.165, 1.54) is 40.7 Å². The monoisotopic (exact) mass is 434 g/mol. The van der Waals surface area contributed by atoms with E-state index in [0.29, 0.717) is 31.1 Å². The topological polar surface area (TPSA) is 84.9 Å². The molecule has 1 N–H and O–H groups in total. The van der Waals surface area contributed by atoms with Crippen molar-refractivity contribution in [3.63, 3.8) is 0 Å². The number of sulfonamides is 1. The zero-order valence-corrected chi connectivity index (χ0v) is 17.3. The maximum Gasteiger partial charge on any atom is 0.248 e. The number of morpholine rings is 1. The van der Waals surface area contributed by atoms with Crippen LogP contribution in [0.3, 0.4) is 0 Å². The van der Waals surface area contributed by atoms with E-state index >= 15 is 0 Å². The number of halogens is 1. The molecule has 160 valence electrons. The molecule has 0 atom stereocenters. The van der Waals surface area contributed by atoms with Crippen molar-refractivity contribution in [1.82, 2.24) is 4.31 Å². The number of anilines is 1. The molecule has 2 aromatic carbocycles. The summed E-state index contributed by atoms with van der Waals surface area (Å²) in [5.41, 5.74) is 0.980. The molecule has 1 aliphatic heterocycles. The van der Waals surface area contributed by atoms with Gasteiger partial charge in [-0.05, 0) is 48.9 Å². The number of rotatable bonds is 7. The van der Waals surface area contributed by atoms with Gasteiger partial charge in [-0.15, -0.1) is 0 Å². The van der Waals surface area contributed by atoms with Crippen LogP contribution in [0.2, 0.25) is 0 Å². The first-order valence-electron chi connectivity index (χ1n) is 9.49. The highest BCUT2D eigenvalue weighted by Crippen LogP contribution is 2.30. The summed E-state index contributed by atoms with van der Waals surface area (Å²) >= 11 is 0. The zero-order chi connectivity index (χ0) is 21.6. The summed E-state index contributed by atoms with van der Waals surface area (Å²) in [6.07, 6.45) is 2.83. The SMILES string of the molecule is CCOc1ccc(NC(=O)/C=C/c2ccc(F)cc2)cc1S(=O)(=O)N1CCOCC1. The van der Waals surface area contributed by atoms with Crippen molar-refractivity contribution >= 4 is 27.7 Å². The van der Waals surface area contributed by atoms with Gasteiger partial charge in [-0.2, -0.15) is 4.31 Å². The molecular weight excluding hydrogens is 411 g/mol. The van der Waals surface area contributed by atoms with Gasteiger partial charge >= 0.3 is 0 Å². The number of carbonyl (C=O) groups excluding carboxylic acids is 1. The number of nitrogens with one attached hydrogen (secondary N) is 1. The van der Waals surface area contributed by atoms with Gasteiger partial charge < -0.3 is 14.8 Å². The Hall–Kier alpha value is -2.75. The summed E-state index contributed by atoms with van der Waals surface area (Å²) in [7, 11) is -3.81. The summed E-state index contributed by atoms with van der Waals surface area (Å²) in [5.74, 6) is -0.581. The molecule has 1 fully saturated rings. The maximum atomic E-state index is 13.1. The van der Waals surface area contributed by atoms with Crippen molar-refractivity contribution in [2.45, 2.75) is 11.8 Å². The smallest absolute Gasteiger partial charge is 0.248 e. The summed E-state index contributed by atoms with van der Waals surface area (Å²) in [6.45, 7) is 3.23. The molecule has 0 radical (unpaired) electrons. The summed E-state index contributed by atoms with van der Waals surface area (Å²) in [4.78, 5) is 12.2. The van der Waals surface area contributed by atoms with Gasteiger partial charge in [0, 0.05) is 24.9 Å². The highest BCUT2D eigenvalue weighted by atomic mass is 32.2. The van der Waals surface area contributed by atoms with Gasteiger partial charge in [0.25, 0.3) is 0 Å². The Morgan fingerprint density at radius 1 is 1.20 bits per heavy atom. The molecule has 9 heteroatoms. The zero-order valence-electron chi connectivity index (χ0n) is 16.5. The van der Waals surface area contributed by atoms with E-state index in [-0.39, 0.29) is 29.6 Å². The fourth-order valence-electron chi connectivity index (χ4n) is 2.92. The first-order chi connectivity index (χ1) is 14.4. The van der Waals surface area contributed by atoms with Crippen LogP contribution in [0.1, 0.15) is 12.5 Å². The number of nitrogens with zero attached hydrogens (tertiary/aromatic N) is 1. The number of amides is 1. The predicted molar refractivity (Wildman–Crippen MR) is 111 cm³/mol. The molecule has 1 heterocycles. The lowest BCUT2D eigenvalue weighted by atomic mass is 10.2. The lowest BCUT2D eigenvalue weighted by molar-refractivity contribution is -0.111. The second-order valence-electron chi connectivity index (χ2n) is 6.49. The second-order valence-corrected chi connectivity index (χ2v) is 8.39. The van der Waals surface area contributed by atoms with Crippen LogP contribution >= 0.6 is 0 Å². The van der Waals surface area contributed by atoms with E-state index in [2.05, 4.69) is 5.32 Å². The molecule has 2 aromatic rings. The van der Waals surface area contributed by atoms with Gasteiger partial charge in [0.05, 0.1) is 19.8 Å². The van der Waals surface area contributed by atoms with Crippen LogP contribution in [0, 0.1) is 5.82 Å². The minimum Gasteiger partial charge on any atom is -0.492 e. The minimum atomic E-state index is -3.81. The van der Waals surface area contributed by atoms with E-state index in [0.717, 1.165) is 0 Å². The molecule has 0 saturated carbocycles. The Kier molecular flexibility index (Phi) is 7.20. The molecule has 0 aromatic heterocycles. The normalized spacial score (nSPS) is 15.3. The van der Waals surface area contributed by atoms with Crippen LogP contribution in [0.25, 0.3) is 6.08 Å². The molecule has 7 nitrogen and oxygen atoms in total. The standard InChI is InChI=1S/C21H23FN2O5S/c1-2-29-19-9-8-18(15-20(19)30(26,27)24-11-13-28-14-12-24)23-21(25)10-5-16-3-6-17(22)7-4-16/h3-10,15H,2,11-14H2,1H3,(H,23,25)/b10-5+. The quantitative estimate of drug-likeness (QED) is 0.678. The Labute approximate surface area is 175 Å². The second kappa shape index (κ2) is 9.84. The van der Waals surface area contributed by atoms with Crippen molar-refractivity contribution in [1.29, 1.82) is 0 Å². The molecule has 0 unspecified atom stereocenters. The molecule has 3 rings (SSSR count). The summed E-state index contributed by atoms with van der Waals surface area (Å²) in [6, 6.07) is 10.2. The number of hydrogen-bond donors (Lipinski definition) is 1. The molecule has 0 bridgehead atoms. The van der Waals surface area contributed by atoms with E-state index in [1.54, 1.807) is 25.1 Å². The van der Waals surface area contributed by atoms with Crippen molar-refractivity contribution in [3.05, 3.63) is 59.9 Å². The largest absolute Gasteiger partial charge is 0.492 e.